The van der Waals surface area contributed by atoms with Gasteiger partial charge in [0.05, 0.1) is 18.3 Å². The molecule has 4 atom stereocenters. The molecule has 166 valence electrons. The molecule has 32 heavy (non-hydrogen) atoms. The zero-order valence-electron chi connectivity index (χ0n) is 18.2. The van der Waals surface area contributed by atoms with Crippen LogP contribution < -0.4 is 14.8 Å². The van der Waals surface area contributed by atoms with Gasteiger partial charge in [0.15, 0.2) is 6.17 Å². The Kier molecular flexibility index (Phi) is 4.78. The number of phenolic OH excluding ortho intramolecular Hbond substituents is 1. The van der Waals surface area contributed by atoms with Crippen LogP contribution in [0.25, 0.3) is 22.4 Å². The van der Waals surface area contributed by atoms with Crippen LogP contribution in [-0.2, 0) is 0 Å². The quantitative estimate of drug-likeness (QED) is 0.629. The summed E-state index contributed by atoms with van der Waals surface area (Å²) in [6, 6.07) is 12.3. The summed E-state index contributed by atoms with van der Waals surface area (Å²) in [5.74, 6) is 0.848. The molecule has 3 heterocycles. The molecule has 1 aliphatic heterocycles. The lowest BCUT2D eigenvalue weighted by Crippen LogP contribution is -2.55. The third-order valence-corrected chi connectivity index (χ3v) is 6.67. The molecule has 0 spiro atoms. The predicted octanol–water partition coefficient (Wildman–Crippen LogP) is 3.78. The number of aromatic nitrogens is 3. The van der Waals surface area contributed by atoms with Gasteiger partial charge in [-0.2, -0.15) is 0 Å². The first-order valence-corrected chi connectivity index (χ1v) is 10.5. The second-order valence-electron chi connectivity index (χ2n) is 9.12. The Labute approximate surface area is 185 Å². The van der Waals surface area contributed by atoms with Gasteiger partial charge >= 0.3 is 0 Å². The molecular weight excluding hydrogens is 411 g/mol. The molecule has 2 bridgehead atoms. The monoisotopic (exact) mass is 436 g/mol. The Bertz CT molecular complexity index is 1160. The minimum absolute atomic E-state index is 0.0738. The van der Waals surface area contributed by atoms with Crippen molar-refractivity contribution in [3.8, 4) is 39.9 Å². The molecule has 2 aliphatic rings. The van der Waals surface area contributed by atoms with Crippen LogP contribution in [0.5, 0.6) is 17.5 Å². The van der Waals surface area contributed by atoms with Gasteiger partial charge in [-0.25, -0.2) is 9.37 Å². The highest BCUT2D eigenvalue weighted by molar-refractivity contribution is 5.74. The summed E-state index contributed by atoms with van der Waals surface area (Å²) < 4.78 is 26.0. The number of ether oxygens (including phenoxy) is 2. The maximum absolute atomic E-state index is 14.9. The van der Waals surface area contributed by atoms with Crippen molar-refractivity contribution >= 4 is 0 Å². The smallest absolute Gasteiger partial charge is 0.233 e. The van der Waals surface area contributed by atoms with Crippen LogP contribution in [0.2, 0.25) is 0 Å². The first kappa shape index (κ1) is 20.6. The fraction of sp³-hybridized carbons (Fsp3) is 0.375. The van der Waals surface area contributed by atoms with E-state index < -0.39 is 17.8 Å². The van der Waals surface area contributed by atoms with Gasteiger partial charge in [-0.05, 0) is 48.7 Å². The number of halogens is 1. The summed E-state index contributed by atoms with van der Waals surface area (Å²) in [6.07, 6.45) is 0.684. The van der Waals surface area contributed by atoms with Crippen LogP contribution >= 0.6 is 0 Å². The highest BCUT2D eigenvalue weighted by atomic mass is 19.1. The Hall–Kier alpha value is -3.26. The lowest BCUT2D eigenvalue weighted by molar-refractivity contribution is 0.00666. The van der Waals surface area contributed by atoms with Crippen molar-refractivity contribution in [1.29, 1.82) is 0 Å². The standard InChI is InChI=1S/C24H25FN4O3/c1-23-12-24(2,27-13-23)21(25)22(23)32-19-7-6-17(28-29-19)16-5-4-14(10-18(16)30)15-8-9-26-20(11-15)31-3/h4-11,21-22,27,30H,12-13H2,1-3H3/t21-,22-,23+,24+/m1/s1. The summed E-state index contributed by atoms with van der Waals surface area (Å²) in [6.45, 7) is 4.65. The summed E-state index contributed by atoms with van der Waals surface area (Å²) in [7, 11) is 1.56. The molecule has 1 aliphatic carbocycles. The van der Waals surface area contributed by atoms with E-state index in [2.05, 4.69) is 20.5 Å². The van der Waals surface area contributed by atoms with E-state index >= 15 is 0 Å². The van der Waals surface area contributed by atoms with E-state index in [1.54, 1.807) is 43.6 Å². The summed E-state index contributed by atoms with van der Waals surface area (Å²) >= 11 is 0. The molecule has 0 unspecified atom stereocenters. The third kappa shape index (κ3) is 3.35. The van der Waals surface area contributed by atoms with Crippen molar-refractivity contribution in [1.82, 2.24) is 20.5 Å². The summed E-state index contributed by atoms with van der Waals surface area (Å²) in [4.78, 5) is 4.10. The topological polar surface area (TPSA) is 89.4 Å². The van der Waals surface area contributed by atoms with Crippen LogP contribution in [0.1, 0.15) is 20.3 Å². The molecule has 0 radical (unpaired) electrons. The number of rotatable bonds is 5. The molecule has 1 saturated heterocycles. The number of pyridine rings is 1. The number of phenols is 1. The predicted molar refractivity (Wildman–Crippen MR) is 117 cm³/mol. The first-order valence-electron chi connectivity index (χ1n) is 10.5. The van der Waals surface area contributed by atoms with Crippen LogP contribution in [0.4, 0.5) is 4.39 Å². The molecule has 0 amide bonds. The molecule has 8 heteroatoms. The minimum Gasteiger partial charge on any atom is -0.507 e. The molecule has 2 aromatic heterocycles. The van der Waals surface area contributed by atoms with E-state index in [1.165, 1.54) is 0 Å². The van der Waals surface area contributed by atoms with E-state index in [-0.39, 0.29) is 17.0 Å². The lowest BCUT2D eigenvalue weighted by atomic mass is 9.87. The molecule has 2 N–H and O–H groups in total. The van der Waals surface area contributed by atoms with Crippen molar-refractivity contribution < 1.29 is 19.0 Å². The van der Waals surface area contributed by atoms with Gasteiger partial charge in [0.25, 0.3) is 0 Å². The second kappa shape index (κ2) is 7.41. The van der Waals surface area contributed by atoms with E-state index in [0.29, 0.717) is 23.7 Å². The number of fused-ring (bicyclic) bond motifs is 2. The van der Waals surface area contributed by atoms with Crippen LogP contribution in [-0.4, -0.2) is 51.8 Å². The Balaban J connectivity index is 1.35. The molecule has 2 fully saturated rings. The zero-order valence-corrected chi connectivity index (χ0v) is 18.2. The second-order valence-corrected chi connectivity index (χ2v) is 9.12. The average Bonchev–Trinajstić information content (AvgIpc) is 3.22. The Morgan fingerprint density at radius 1 is 1.06 bits per heavy atom. The SMILES string of the molecule is COc1cc(-c2ccc(-c3ccc(O[C@@H]4[C@@H](F)[C@]5(C)C[C@@]4(C)CN5)nn3)c(O)c2)ccn1. The number of alkyl halides is 1. The van der Waals surface area contributed by atoms with E-state index in [1.807, 2.05) is 26.0 Å². The van der Waals surface area contributed by atoms with Crippen molar-refractivity contribution in [2.75, 3.05) is 13.7 Å². The number of aromatic hydroxyl groups is 1. The molecule has 3 aromatic rings. The number of nitrogens with zero attached hydrogens (tertiary/aromatic N) is 3. The largest absolute Gasteiger partial charge is 0.507 e. The highest BCUT2D eigenvalue weighted by Crippen LogP contribution is 2.51. The van der Waals surface area contributed by atoms with Crippen molar-refractivity contribution in [3.63, 3.8) is 0 Å². The number of hydrogen-bond acceptors (Lipinski definition) is 7. The van der Waals surface area contributed by atoms with Crippen LogP contribution in [0.3, 0.4) is 0 Å². The number of hydrogen-bond donors (Lipinski definition) is 2. The number of piperidine rings is 1. The van der Waals surface area contributed by atoms with Gasteiger partial charge in [0.1, 0.15) is 11.9 Å². The fourth-order valence-electron chi connectivity index (χ4n) is 4.94. The molecule has 5 rings (SSSR count). The van der Waals surface area contributed by atoms with E-state index in [4.69, 9.17) is 9.47 Å². The molecule has 1 aromatic carbocycles. The summed E-state index contributed by atoms with van der Waals surface area (Å²) in [5.41, 5.74) is 1.90. The van der Waals surface area contributed by atoms with Crippen molar-refractivity contribution in [2.24, 2.45) is 5.41 Å². The maximum Gasteiger partial charge on any atom is 0.233 e. The van der Waals surface area contributed by atoms with Crippen LogP contribution in [0.15, 0.2) is 48.7 Å². The third-order valence-electron chi connectivity index (χ3n) is 6.67. The lowest BCUT2D eigenvalue weighted by Gasteiger charge is -2.35. The van der Waals surface area contributed by atoms with Gasteiger partial charge in [-0.15, -0.1) is 10.2 Å². The van der Waals surface area contributed by atoms with Gasteiger partial charge in [-0.1, -0.05) is 13.0 Å². The molecular formula is C24H25FN4O3. The van der Waals surface area contributed by atoms with E-state index in [0.717, 1.165) is 17.5 Å². The highest BCUT2D eigenvalue weighted by Gasteiger charge is 2.64. The van der Waals surface area contributed by atoms with Crippen molar-refractivity contribution in [3.05, 3.63) is 48.7 Å². The van der Waals surface area contributed by atoms with Gasteiger partial charge in [0, 0.05) is 35.9 Å². The maximum atomic E-state index is 14.9. The number of benzene rings is 1. The zero-order chi connectivity index (χ0) is 22.5. The van der Waals surface area contributed by atoms with Crippen molar-refractivity contribution in [2.45, 2.75) is 38.1 Å². The number of methoxy groups -OCH3 is 1. The number of nitrogens with one attached hydrogen (secondary N) is 1. The van der Waals surface area contributed by atoms with Gasteiger partial charge in [-0.3, -0.25) is 0 Å². The normalized spacial score (nSPS) is 28.6. The van der Waals surface area contributed by atoms with Gasteiger partial charge in [0.2, 0.25) is 11.8 Å². The van der Waals surface area contributed by atoms with E-state index in [9.17, 15) is 9.50 Å². The molecule has 1 saturated carbocycles. The van der Waals surface area contributed by atoms with Gasteiger partial charge < -0.3 is 19.9 Å². The minimum atomic E-state index is -1.12. The Morgan fingerprint density at radius 3 is 2.53 bits per heavy atom. The summed E-state index contributed by atoms with van der Waals surface area (Å²) in [5, 5.41) is 22.2. The Morgan fingerprint density at radius 2 is 1.88 bits per heavy atom. The van der Waals surface area contributed by atoms with Crippen LogP contribution in [0, 0.1) is 5.41 Å². The molecule has 7 nitrogen and oxygen atoms in total. The first-order chi connectivity index (χ1) is 15.3. The average molecular weight is 436 g/mol. The fourth-order valence-corrected chi connectivity index (χ4v) is 4.94.